The van der Waals surface area contributed by atoms with Crippen LogP contribution in [0.3, 0.4) is 0 Å². The first kappa shape index (κ1) is 30.1. The molecule has 5 atom stereocenters. The second-order valence-corrected chi connectivity index (χ2v) is 10.6. The molecule has 3 heterocycles. The van der Waals surface area contributed by atoms with Crippen molar-refractivity contribution in [3.63, 3.8) is 0 Å². The lowest BCUT2D eigenvalue weighted by molar-refractivity contribution is -0.314. The molecule has 41 heavy (non-hydrogen) atoms. The molecule has 5 rings (SSSR count). The van der Waals surface area contributed by atoms with E-state index in [4.69, 9.17) is 65.4 Å². The highest BCUT2D eigenvalue weighted by molar-refractivity contribution is 6.42. The highest BCUT2D eigenvalue weighted by Gasteiger charge is 2.47. The summed E-state index contributed by atoms with van der Waals surface area (Å²) < 4.78 is 26.4. The molecular weight excluding hydrogens is 622 g/mol. The maximum absolute atomic E-state index is 11.0. The van der Waals surface area contributed by atoms with Gasteiger partial charge in [0.2, 0.25) is 0 Å². The van der Waals surface area contributed by atoms with E-state index in [-0.39, 0.29) is 13.2 Å². The maximum Gasteiger partial charge on any atom is 0.186 e. The number of aliphatic hydroxyl groups excluding tert-OH is 2. The molecule has 4 aromatic rings. The van der Waals surface area contributed by atoms with Crippen LogP contribution in [0, 0.1) is 0 Å². The van der Waals surface area contributed by atoms with E-state index in [9.17, 15) is 10.2 Å². The Morgan fingerprint density at radius 3 is 1.78 bits per heavy atom. The van der Waals surface area contributed by atoms with Gasteiger partial charge in [0.25, 0.3) is 0 Å². The lowest BCUT2D eigenvalue weighted by Crippen LogP contribution is -2.60. The SMILES string of the molecule is CO[C@@H]1OC(CO)[C@H](O)[C@H](OCc2cn(-c3ccc(Cl)c(Cl)c3)nn2)C1OCc1cn(-c2ccc(Cl)c(Cl)c2)nn1. The maximum atomic E-state index is 11.0. The first-order chi connectivity index (χ1) is 19.8. The first-order valence-corrected chi connectivity index (χ1v) is 13.7. The van der Waals surface area contributed by atoms with Crippen molar-refractivity contribution in [2.45, 2.75) is 43.9 Å². The van der Waals surface area contributed by atoms with Gasteiger partial charge in [-0.2, -0.15) is 0 Å². The van der Waals surface area contributed by atoms with Crippen molar-refractivity contribution in [1.82, 2.24) is 30.0 Å². The van der Waals surface area contributed by atoms with Gasteiger partial charge in [0.15, 0.2) is 6.29 Å². The van der Waals surface area contributed by atoms with Crippen molar-refractivity contribution >= 4 is 46.4 Å². The monoisotopic (exact) mass is 644 g/mol. The van der Waals surface area contributed by atoms with Crippen molar-refractivity contribution in [2.24, 2.45) is 0 Å². The molecule has 0 amide bonds. The van der Waals surface area contributed by atoms with Crippen LogP contribution in [0.5, 0.6) is 0 Å². The van der Waals surface area contributed by atoms with Gasteiger partial charge in [0.1, 0.15) is 35.8 Å². The summed E-state index contributed by atoms with van der Waals surface area (Å²) in [6, 6.07) is 10.1. The van der Waals surface area contributed by atoms with E-state index >= 15 is 0 Å². The Bertz CT molecular complexity index is 1490. The molecule has 0 saturated carbocycles. The van der Waals surface area contributed by atoms with Gasteiger partial charge < -0.3 is 29.2 Å². The first-order valence-electron chi connectivity index (χ1n) is 12.2. The van der Waals surface area contributed by atoms with Crippen LogP contribution >= 0.6 is 46.4 Å². The molecule has 2 unspecified atom stereocenters. The Morgan fingerprint density at radius 1 is 0.805 bits per heavy atom. The number of halogens is 4. The lowest BCUT2D eigenvalue weighted by Gasteiger charge is -2.43. The van der Waals surface area contributed by atoms with Gasteiger partial charge in [-0.25, -0.2) is 9.36 Å². The Balaban J connectivity index is 1.29. The molecule has 0 radical (unpaired) electrons. The van der Waals surface area contributed by atoms with Crippen LogP contribution in [0.15, 0.2) is 48.8 Å². The Labute approximate surface area is 254 Å². The van der Waals surface area contributed by atoms with E-state index in [2.05, 4.69) is 20.6 Å². The Hall–Kier alpha value is -2.36. The average Bonchev–Trinajstić information content (AvgIpc) is 3.64. The van der Waals surface area contributed by atoms with Crippen LogP contribution in [-0.4, -0.2) is 84.6 Å². The zero-order valence-corrected chi connectivity index (χ0v) is 24.4. The quantitative estimate of drug-likeness (QED) is 0.263. The summed E-state index contributed by atoms with van der Waals surface area (Å²) in [6.45, 7) is -0.511. The molecule has 1 aliphatic heterocycles. The molecule has 1 saturated heterocycles. The summed E-state index contributed by atoms with van der Waals surface area (Å²) in [5, 5.41) is 38.8. The molecule has 218 valence electrons. The molecule has 2 N–H and O–H groups in total. The molecule has 1 aliphatic rings. The third-order valence-electron chi connectivity index (χ3n) is 6.30. The van der Waals surface area contributed by atoms with Crippen LogP contribution in [0.4, 0.5) is 0 Å². The van der Waals surface area contributed by atoms with Crippen LogP contribution in [0.1, 0.15) is 11.4 Å². The summed E-state index contributed by atoms with van der Waals surface area (Å²) in [5.74, 6) is 0. The number of hydrogen-bond acceptors (Lipinski definition) is 10. The summed E-state index contributed by atoms with van der Waals surface area (Å²) >= 11 is 24.2. The lowest BCUT2D eigenvalue weighted by atomic mass is 9.98. The number of ether oxygens (including phenoxy) is 4. The summed E-state index contributed by atoms with van der Waals surface area (Å²) in [6.07, 6.45) is -1.73. The van der Waals surface area contributed by atoms with Gasteiger partial charge in [-0.1, -0.05) is 56.8 Å². The van der Waals surface area contributed by atoms with Crippen molar-refractivity contribution in [2.75, 3.05) is 13.7 Å². The zero-order chi connectivity index (χ0) is 29.1. The van der Waals surface area contributed by atoms with Crippen LogP contribution in [0.2, 0.25) is 20.1 Å². The number of aliphatic hydroxyl groups is 2. The largest absolute Gasteiger partial charge is 0.394 e. The second kappa shape index (κ2) is 13.3. The van der Waals surface area contributed by atoms with E-state index < -0.39 is 37.3 Å². The fraction of sp³-hybridized carbons (Fsp3) is 0.360. The molecule has 2 aromatic heterocycles. The summed E-state index contributed by atoms with van der Waals surface area (Å²) in [4.78, 5) is 0. The van der Waals surface area contributed by atoms with Gasteiger partial charge in [-0.05, 0) is 36.4 Å². The molecule has 2 aromatic carbocycles. The number of hydrogen-bond donors (Lipinski definition) is 2. The van der Waals surface area contributed by atoms with Gasteiger partial charge >= 0.3 is 0 Å². The predicted molar refractivity (Wildman–Crippen MR) is 149 cm³/mol. The van der Waals surface area contributed by atoms with Gasteiger partial charge in [0, 0.05) is 7.11 Å². The van der Waals surface area contributed by atoms with E-state index in [0.717, 1.165) is 0 Å². The van der Waals surface area contributed by atoms with Crippen LogP contribution < -0.4 is 0 Å². The fourth-order valence-electron chi connectivity index (χ4n) is 4.20. The van der Waals surface area contributed by atoms with E-state index in [1.54, 1.807) is 48.8 Å². The number of aromatic nitrogens is 6. The number of methoxy groups -OCH3 is 1. The molecule has 1 fully saturated rings. The summed E-state index contributed by atoms with van der Waals surface area (Å²) in [7, 11) is 1.42. The molecular formula is C25H24Cl4N6O6. The highest BCUT2D eigenvalue weighted by atomic mass is 35.5. The van der Waals surface area contributed by atoms with E-state index in [0.29, 0.717) is 42.9 Å². The predicted octanol–water partition coefficient (Wildman–Crippen LogP) is 3.66. The normalized spacial score (nSPS) is 22.8. The zero-order valence-electron chi connectivity index (χ0n) is 21.3. The van der Waals surface area contributed by atoms with E-state index in [1.165, 1.54) is 16.5 Å². The number of rotatable bonds is 10. The van der Waals surface area contributed by atoms with Crippen molar-refractivity contribution in [3.05, 3.63) is 80.3 Å². The van der Waals surface area contributed by atoms with Crippen molar-refractivity contribution in [1.29, 1.82) is 0 Å². The third-order valence-corrected chi connectivity index (χ3v) is 7.77. The smallest absolute Gasteiger partial charge is 0.186 e. The van der Waals surface area contributed by atoms with Crippen LogP contribution in [-0.2, 0) is 32.2 Å². The van der Waals surface area contributed by atoms with Crippen molar-refractivity contribution < 1.29 is 29.2 Å². The van der Waals surface area contributed by atoms with Gasteiger partial charge in [-0.3, -0.25) is 0 Å². The summed E-state index contributed by atoms with van der Waals surface area (Å²) in [5.41, 5.74) is 2.25. The molecule has 0 bridgehead atoms. The minimum Gasteiger partial charge on any atom is -0.394 e. The fourth-order valence-corrected chi connectivity index (χ4v) is 4.78. The second-order valence-electron chi connectivity index (χ2n) is 9.01. The minimum atomic E-state index is -1.24. The highest BCUT2D eigenvalue weighted by Crippen LogP contribution is 2.29. The molecule has 0 aliphatic carbocycles. The third kappa shape index (κ3) is 6.83. The number of benzene rings is 2. The Morgan fingerprint density at radius 2 is 1.32 bits per heavy atom. The van der Waals surface area contributed by atoms with Gasteiger partial charge in [0.05, 0.1) is 63.7 Å². The molecule has 12 nitrogen and oxygen atoms in total. The average molecular weight is 646 g/mol. The topological polar surface area (TPSA) is 139 Å². The standard InChI is InChI=1S/C25H24Cl4N6O6/c1-38-25-24(40-12-14-9-35(33-31-14)16-3-5-18(27)20(29)7-16)23(22(37)21(10-36)41-25)39-11-13-8-34(32-30-13)15-2-4-17(26)19(28)6-15/h2-9,21-25,36-37H,10-12H2,1H3/t21?,22-,23-,24?,25+/m0/s1. The molecule has 0 spiro atoms. The molecule has 16 heteroatoms. The van der Waals surface area contributed by atoms with Crippen molar-refractivity contribution in [3.8, 4) is 11.4 Å². The van der Waals surface area contributed by atoms with Crippen LogP contribution in [0.25, 0.3) is 11.4 Å². The number of nitrogens with zero attached hydrogens (tertiary/aromatic N) is 6. The Kier molecular flexibility index (Phi) is 9.77. The minimum absolute atomic E-state index is 0.0148. The van der Waals surface area contributed by atoms with E-state index in [1.807, 2.05) is 0 Å². The van der Waals surface area contributed by atoms with Gasteiger partial charge in [-0.15, -0.1) is 10.2 Å².